The van der Waals surface area contributed by atoms with Crippen LogP contribution in [0.2, 0.25) is 0 Å². The molecule has 66 valence electrons. The molecule has 0 unspecified atom stereocenters. The molecular weight excluding hydrogens is 174 g/mol. The van der Waals surface area contributed by atoms with Gasteiger partial charge in [-0.15, -0.1) is 12.4 Å². The van der Waals surface area contributed by atoms with E-state index in [2.05, 4.69) is 0 Å². The molecule has 0 atom stereocenters. The van der Waals surface area contributed by atoms with Gasteiger partial charge < -0.3 is 5.73 Å². The number of halogens is 1. The molecule has 0 saturated carbocycles. The van der Waals surface area contributed by atoms with Crippen LogP contribution in [0.4, 0.5) is 5.69 Å². The number of nitrogen functional groups attached to an aromatic ring is 1. The Bertz CT molecular complexity index is 297. The number of rotatable bonds is 1. The van der Waals surface area contributed by atoms with Crippen molar-refractivity contribution in [3.05, 3.63) is 29.3 Å². The molecule has 2 N–H and O–H groups in total. The van der Waals surface area contributed by atoms with Crippen LogP contribution >= 0.6 is 12.4 Å². The Morgan fingerprint density at radius 2 is 2.00 bits per heavy atom. The summed E-state index contributed by atoms with van der Waals surface area (Å²) in [5, 5.41) is 0. The van der Waals surface area contributed by atoms with Crippen LogP contribution in [-0.4, -0.2) is 5.78 Å². The molecule has 0 radical (unpaired) electrons. The van der Waals surface area contributed by atoms with E-state index >= 15 is 0 Å². The van der Waals surface area contributed by atoms with Crippen LogP contribution in [0, 0.1) is 6.92 Å². The lowest BCUT2D eigenvalue weighted by atomic mass is 10.1. The van der Waals surface area contributed by atoms with E-state index in [0.29, 0.717) is 11.3 Å². The van der Waals surface area contributed by atoms with Crippen molar-refractivity contribution < 1.29 is 4.79 Å². The standard InChI is InChI=1S/C9H11NO.ClH/c1-6-3-4-8(7(2)11)9(10)5-6;/h3-5H,10H2,1-2H3;1H. The normalized spacial score (nSPS) is 8.83. The molecule has 0 heterocycles. The molecule has 0 aromatic heterocycles. The number of hydrogen-bond acceptors (Lipinski definition) is 2. The maximum atomic E-state index is 10.9. The molecule has 0 aliphatic rings. The van der Waals surface area contributed by atoms with Gasteiger partial charge in [0.1, 0.15) is 0 Å². The van der Waals surface area contributed by atoms with Crippen LogP contribution in [0.3, 0.4) is 0 Å². The predicted octanol–water partition coefficient (Wildman–Crippen LogP) is 2.20. The molecule has 0 aliphatic carbocycles. The van der Waals surface area contributed by atoms with Crippen molar-refractivity contribution in [2.45, 2.75) is 13.8 Å². The second-order valence-electron chi connectivity index (χ2n) is 2.65. The molecular formula is C9H12ClNO. The number of benzene rings is 1. The minimum atomic E-state index is 0. The van der Waals surface area contributed by atoms with Crippen LogP contribution in [0.15, 0.2) is 18.2 Å². The van der Waals surface area contributed by atoms with Gasteiger partial charge in [0.25, 0.3) is 0 Å². The lowest BCUT2D eigenvalue weighted by Gasteiger charge is -2.01. The minimum absolute atomic E-state index is 0. The first-order valence-electron chi connectivity index (χ1n) is 3.48. The van der Waals surface area contributed by atoms with Gasteiger partial charge in [-0.1, -0.05) is 6.07 Å². The van der Waals surface area contributed by atoms with Gasteiger partial charge >= 0.3 is 0 Å². The molecule has 0 amide bonds. The van der Waals surface area contributed by atoms with E-state index in [0.717, 1.165) is 5.56 Å². The fourth-order valence-electron chi connectivity index (χ4n) is 1.00. The van der Waals surface area contributed by atoms with Gasteiger partial charge in [-0.05, 0) is 31.5 Å². The third kappa shape index (κ3) is 2.24. The SMILES string of the molecule is CC(=O)c1ccc(C)cc1N.Cl. The minimum Gasteiger partial charge on any atom is -0.398 e. The fraction of sp³-hybridized carbons (Fsp3) is 0.222. The molecule has 1 rings (SSSR count). The first-order chi connectivity index (χ1) is 5.11. The summed E-state index contributed by atoms with van der Waals surface area (Å²) in [6.45, 7) is 3.46. The first kappa shape index (κ1) is 11.0. The van der Waals surface area contributed by atoms with Crippen LogP contribution < -0.4 is 5.73 Å². The van der Waals surface area contributed by atoms with E-state index in [-0.39, 0.29) is 18.2 Å². The molecule has 3 heteroatoms. The third-order valence-electron chi connectivity index (χ3n) is 1.59. The summed E-state index contributed by atoms with van der Waals surface area (Å²) in [7, 11) is 0. The fourth-order valence-corrected chi connectivity index (χ4v) is 1.00. The highest BCUT2D eigenvalue weighted by Gasteiger charge is 2.02. The highest BCUT2D eigenvalue weighted by atomic mass is 35.5. The second kappa shape index (κ2) is 4.12. The van der Waals surface area contributed by atoms with Crippen LogP contribution in [0.5, 0.6) is 0 Å². The maximum absolute atomic E-state index is 10.9. The van der Waals surface area contributed by atoms with Gasteiger partial charge in [0.05, 0.1) is 0 Å². The highest BCUT2D eigenvalue weighted by molar-refractivity contribution is 5.99. The molecule has 0 saturated heterocycles. The number of hydrogen-bond donors (Lipinski definition) is 1. The largest absolute Gasteiger partial charge is 0.398 e. The van der Waals surface area contributed by atoms with Crippen molar-refractivity contribution in [1.29, 1.82) is 0 Å². The predicted molar refractivity (Wildman–Crippen MR) is 52.8 cm³/mol. The molecule has 0 spiro atoms. The monoisotopic (exact) mass is 185 g/mol. The molecule has 0 bridgehead atoms. The molecule has 12 heavy (non-hydrogen) atoms. The second-order valence-corrected chi connectivity index (χ2v) is 2.65. The molecule has 1 aromatic rings. The summed E-state index contributed by atoms with van der Waals surface area (Å²) in [6.07, 6.45) is 0. The lowest BCUT2D eigenvalue weighted by molar-refractivity contribution is 0.101. The number of aryl methyl sites for hydroxylation is 1. The average molecular weight is 186 g/mol. The molecule has 1 aromatic carbocycles. The average Bonchev–Trinajstić information content (AvgIpc) is 1.85. The Morgan fingerprint density at radius 1 is 1.42 bits per heavy atom. The molecule has 2 nitrogen and oxygen atoms in total. The van der Waals surface area contributed by atoms with Gasteiger partial charge in [-0.25, -0.2) is 0 Å². The summed E-state index contributed by atoms with van der Waals surface area (Å²) in [6, 6.07) is 5.44. The van der Waals surface area contributed by atoms with Crippen molar-refractivity contribution in [1.82, 2.24) is 0 Å². The Hall–Kier alpha value is -1.02. The Balaban J connectivity index is 0.00000121. The summed E-state index contributed by atoms with van der Waals surface area (Å²) in [5.74, 6) is 0.0162. The van der Waals surface area contributed by atoms with Gasteiger partial charge in [0.15, 0.2) is 5.78 Å². The first-order valence-corrected chi connectivity index (χ1v) is 3.48. The van der Waals surface area contributed by atoms with E-state index < -0.39 is 0 Å². The smallest absolute Gasteiger partial charge is 0.161 e. The Morgan fingerprint density at radius 3 is 2.42 bits per heavy atom. The zero-order valence-corrected chi connectivity index (χ0v) is 7.94. The quantitative estimate of drug-likeness (QED) is 0.539. The van der Waals surface area contributed by atoms with E-state index in [4.69, 9.17) is 5.73 Å². The van der Waals surface area contributed by atoms with Crippen molar-refractivity contribution in [3.8, 4) is 0 Å². The van der Waals surface area contributed by atoms with E-state index in [1.165, 1.54) is 6.92 Å². The summed E-state index contributed by atoms with van der Waals surface area (Å²) >= 11 is 0. The van der Waals surface area contributed by atoms with Crippen LogP contribution in [-0.2, 0) is 0 Å². The number of Topliss-reactive ketones (excluding diaryl/α,β-unsaturated/α-hetero) is 1. The zero-order valence-electron chi connectivity index (χ0n) is 7.13. The summed E-state index contributed by atoms with van der Waals surface area (Å²) in [5.41, 5.74) is 7.85. The number of ketones is 1. The van der Waals surface area contributed by atoms with E-state index in [1.807, 2.05) is 13.0 Å². The maximum Gasteiger partial charge on any atom is 0.161 e. The van der Waals surface area contributed by atoms with Crippen molar-refractivity contribution >= 4 is 23.9 Å². The number of carbonyl (C=O) groups is 1. The number of carbonyl (C=O) groups excluding carboxylic acids is 1. The van der Waals surface area contributed by atoms with Gasteiger partial charge in [0.2, 0.25) is 0 Å². The Labute approximate surface area is 78.2 Å². The van der Waals surface area contributed by atoms with E-state index in [9.17, 15) is 4.79 Å². The number of anilines is 1. The highest BCUT2D eigenvalue weighted by Crippen LogP contribution is 2.13. The van der Waals surface area contributed by atoms with Gasteiger partial charge in [-0.3, -0.25) is 4.79 Å². The number of nitrogens with two attached hydrogens (primary N) is 1. The Kier molecular flexibility index (Phi) is 3.77. The third-order valence-corrected chi connectivity index (χ3v) is 1.59. The van der Waals surface area contributed by atoms with Crippen LogP contribution in [0.1, 0.15) is 22.8 Å². The lowest BCUT2D eigenvalue weighted by Crippen LogP contribution is -1.99. The van der Waals surface area contributed by atoms with Crippen molar-refractivity contribution in [2.24, 2.45) is 0 Å². The van der Waals surface area contributed by atoms with Crippen molar-refractivity contribution in [2.75, 3.05) is 5.73 Å². The van der Waals surface area contributed by atoms with Gasteiger partial charge in [0, 0.05) is 11.3 Å². The summed E-state index contributed by atoms with van der Waals surface area (Å²) in [4.78, 5) is 10.9. The summed E-state index contributed by atoms with van der Waals surface area (Å²) < 4.78 is 0. The molecule has 0 aliphatic heterocycles. The van der Waals surface area contributed by atoms with Gasteiger partial charge in [-0.2, -0.15) is 0 Å². The zero-order chi connectivity index (χ0) is 8.43. The van der Waals surface area contributed by atoms with Crippen molar-refractivity contribution in [3.63, 3.8) is 0 Å². The molecule has 0 fully saturated rings. The van der Waals surface area contributed by atoms with Crippen LogP contribution in [0.25, 0.3) is 0 Å². The topological polar surface area (TPSA) is 43.1 Å². The van der Waals surface area contributed by atoms with E-state index in [1.54, 1.807) is 12.1 Å².